The molecule has 13 nitrogen and oxygen atoms in total. The minimum Gasteiger partial charge on any atom is -0.334 e. The van der Waals surface area contributed by atoms with Crippen molar-refractivity contribution >= 4 is 52.6 Å². The molecule has 0 bridgehead atoms. The van der Waals surface area contributed by atoms with Gasteiger partial charge in [0.05, 0.1) is 5.69 Å². The summed E-state index contributed by atoms with van der Waals surface area (Å²) < 4.78 is 128. The van der Waals surface area contributed by atoms with E-state index < -0.39 is 79.1 Å². The second-order valence-electron chi connectivity index (χ2n) is 5.70. The van der Waals surface area contributed by atoms with E-state index >= 15 is 0 Å². The number of halogens is 2. The van der Waals surface area contributed by atoms with Crippen molar-refractivity contribution in [2.45, 2.75) is 14.7 Å². The summed E-state index contributed by atoms with van der Waals surface area (Å²) in [5.41, 5.74) is -1.03. The van der Waals surface area contributed by atoms with Gasteiger partial charge in [-0.15, -0.1) is 5.10 Å². The van der Waals surface area contributed by atoms with Crippen LogP contribution in [0.2, 0.25) is 0 Å². The second kappa shape index (κ2) is 7.35. The van der Waals surface area contributed by atoms with Crippen molar-refractivity contribution in [3.05, 3.63) is 36.0 Å². The molecule has 0 aliphatic heterocycles. The number of hydrogen-bond donors (Lipinski definition) is 4. The largest absolute Gasteiger partial charge is 0.334 e. The number of anilines is 2. The molecule has 1 heterocycles. The molecule has 166 valence electrons. The highest BCUT2D eigenvalue weighted by atomic mass is 32.2. The molecule has 0 unspecified atom stereocenters. The highest BCUT2D eigenvalue weighted by Crippen LogP contribution is 2.43. The highest BCUT2D eigenvalue weighted by molar-refractivity contribution is 7.90. The Balaban J connectivity index is 2.67. The fourth-order valence-corrected chi connectivity index (χ4v) is 6.27. The molecular weight excluding hydrogens is 490 g/mol. The Hall–Kier alpha value is -2.90. The number of fused-ring (bicyclic) bond motifs is 1. The molecule has 0 aliphatic carbocycles. The van der Waals surface area contributed by atoms with Crippen molar-refractivity contribution in [3.8, 4) is 0 Å². The van der Waals surface area contributed by atoms with Gasteiger partial charge in [0, 0.05) is 10.8 Å². The van der Waals surface area contributed by atoms with E-state index in [0.717, 1.165) is 18.2 Å². The van der Waals surface area contributed by atoms with Crippen molar-refractivity contribution in [2.75, 3.05) is 5.32 Å². The fraction of sp³-hybridized carbons (Fsp3) is 0. The van der Waals surface area contributed by atoms with E-state index in [0.29, 0.717) is 0 Å². The number of aromatic nitrogens is 3. The van der Waals surface area contributed by atoms with Crippen molar-refractivity contribution in [3.63, 3.8) is 0 Å². The van der Waals surface area contributed by atoms with Gasteiger partial charge in [0.2, 0.25) is 5.82 Å². The van der Waals surface area contributed by atoms with Gasteiger partial charge in [0.1, 0.15) is 14.7 Å². The lowest BCUT2D eigenvalue weighted by Gasteiger charge is -2.18. The lowest BCUT2D eigenvalue weighted by Crippen LogP contribution is -2.18. The van der Waals surface area contributed by atoms with E-state index in [2.05, 4.69) is 15.4 Å². The molecule has 0 radical (unpaired) electrons. The normalized spacial score (nSPS) is 12.8. The Bertz CT molecular complexity index is 1560. The number of nitrogens with zero attached hydrogens (tertiary/aromatic N) is 3. The Morgan fingerprint density at radius 1 is 0.742 bits per heavy atom. The third-order valence-electron chi connectivity index (χ3n) is 3.76. The first-order valence-electron chi connectivity index (χ1n) is 7.46. The number of rotatable bonds is 5. The molecular formula is C13H8F2N4O9S3. The van der Waals surface area contributed by atoms with Crippen LogP contribution in [-0.2, 0) is 30.4 Å². The molecule has 0 aliphatic rings. The molecule has 3 rings (SSSR count). The predicted molar refractivity (Wildman–Crippen MR) is 96.4 cm³/mol. The number of nitrogens with one attached hydrogen (secondary N) is 1. The first-order valence-corrected chi connectivity index (χ1v) is 11.8. The predicted octanol–water partition coefficient (Wildman–Crippen LogP) is 0.787. The average molecular weight is 498 g/mol. The van der Waals surface area contributed by atoms with Crippen LogP contribution >= 0.6 is 0 Å². The first kappa shape index (κ1) is 22.8. The zero-order valence-corrected chi connectivity index (χ0v) is 16.9. The molecule has 4 N–H and O–H groups in total. The summed E-state index contributed by atoms with van der Waals surface area (Å²) in [7, 11) is -17.1. The van der Waals surface area contributed by atoms with Gasteiger partial charge in [-0.2, -0.15) is 34.0 Å². The van der Waals surface area contributed by atoms with Crippen LogP contribution in [0.15, 0.2) is 39.0 Å². The van der Waals surface area contributed by atoms with Crippen molar-refractivity contribution in [1.82, 2.24) is 15.4 Å². The van der Waals surface area contributed by atoms with E-state index in [4.69, 9.17) is 0 Å². The third kappa shape index (κ3) is 4.16. The Morgan fingerprint density at radius 2 is 1.26 bits per heavy atom. The van der Waals surface area contributed by atoms with Gasteiger partial charge in [0.25, 0.3) is 36.3 Å². The van der Waals surface area contributed by atoms with Gasteiger partial charge < -0.3 is 5.32 Å². The lowest BCUT2D eigenvalue weighted by molar-refractivity contribution is 0.455. The van der Waals surface area contributed by atoms with E-state index in [1.54, 1.807) is 0 Å². The van der Waals surface area contributed by atoms with Crippen LogP contribution in [0.5, 0.6) is 0 Å². The van der Waals surface area contributed by atoms with Gasteiger partial charge in [-0.1, -0.05) is 29.4 Å². The molecule has 31 heavy (non-hydrogen) atoms. The topological polar surface area (TPSA) is 214 Å². The molecule has 0 saturated carbocycles. The zero-order chi connectivity index (χ0) is 23.4. The quantitative estimate of drug-likeness (QED) is 0.358. The minimum absolute atomic E-state index is 0.520. The van der Waals surface area contributed by atoms with Crippen molar-refractivity contribution < 1.29 is 47.7 Å². The van der Waals surface area contributed by atoms with E-state index in [9.17, 15) is 47.7 Å². The Kier molecular flexibility index (Phi) is 5.40. The second-order valence-corrected chi connectivity index (χ2v) is 9.78. The van der Waals surface area contributed by atoms with Gasteiger partial charge in [0.15, 0.2) is 5.82 Å². The summed E-state index contributed by atoms with van der Waals surface area (Å²) in [6.07, 6.45) is 0. The van der Waals surface area contributed by atoms with Crippen molar-refractivity contribution in [1.29, 1.82) is 0 Å². The fourth-order valence-electron chi connectivity index (χ4n) is 2.71. The summed E-state index contributed by atoms with van der Waals surface area (Å²) >= 11 is 0. The van der Waals surface area contributed by atoms with Gasteiger partial charge in [-0.3, -0.25) is 13.7 Å². The highest BCUT2D eigenvalue weighted by Gasteiger charge is 2.38. The molecule has 2 aromatic carbocycles. The maximum Gasteiger partial charge on any atom is 0.298 e. The number of hydrogen-bond acceptors (Lipinski definition) is 10. The van der Waals surface area contributed by atoms with Crippen LogP contribution in [0.1, 0.15) is 0 Å². The van der Waals surface area contributed by atoms with Gasteiger partial charge in [-0.05, 0) is 5.21 Å². The van der Waals surface area contributed by atoms with E-state index in [1.165, 1.54) is 6.07 Å². The SMILES string of the molecule is O=S(=O)(O)c1c(S(=O)(=O)O)c(S(=O)(=O)O)c2ccccc2c1Nc1nnnc(F)c1F. The molecule has 0 spiro atoms. The number of benzene rings is 2. The standard InChI is InChI=1S/C13H8F2N4O9S3/c14-7-12(15)17-19-18-13(7)16-8-5-3-1-2-4-6(5)9(29(20,21)22)11(31(26,27)28)10(8)30(23,24)25/h1-4H,(H,16,17,18)(H,20,21,22)(H,23,24,25)(H,26,27,28). The summed E-state index contributed by atoms with van der Waals surface area (Å²) in [4.78, 5) is -5.32. The van der Waals surface area contributed by atoms with Crippen molar-refractivity contribution in [2.24, 2.45) is 0 Å². The molecule has 18 heteroatoms. The Morgan fingerprint density at radius 3 is 1.77 bits per heavy atom. The van der Waals surface area contributed by atoms with Crippen LogP contribution in [0.3, 0.4) is 0 Å². The maximum absolute atomic E-state index is 14.0. The lowest BCUT2D eigenvalue weighted by atomic mass is 10.1. The van der Waals surface area contributed by atoms with Crippen LogP contribution in [0, 0.1) is 11.8 Å². The summed E-state index contributed by atoms with van der Waals surface area (Å²) in [5.74, 6) is -4.73. The van der Waals surface area contributed by atoms with E-state index in [1.807, 2.05) is 5.32 Å². The monoisotopic (exact) mass is 498 g/mol. The molecule has 3 aromatic rings. The van der Waals surface area contributed by atoms with E-state index in [-0.39, 0.29) is 0 Å². The minimum atomic E-state index is -5.79. The summed E-state index contributed by atoms with van der Waals surface area (Å²) in [6, 6.07) is 4.23. The summed E-state index contributed by atoms with van der Waals surface area (Å²) in [6.45, 7) is 0. The van der Waals surface area contributed by atoms with Gasteiger partial charge in [-0.25, -0.2) is 0 Å². The van der Waals surface area contributed by atoms with Crippen LogP contribution in [-0.4, -0.2) is 54.3 Å². The van der Waals surface area contributed by atoms with Crippen LogP contribution in [0.4, 0.5) is 20.3 Å². The molecule has 0 amide bonds. The first-order chi connectivity index (χ1) is 14.1. The Labute approximate surface area is 172 Å². The maximum atomic E-state index is 14.0. The zero-order valence-electron chi connectivity index (χ0n) is 14.4. The van der Waals surface area contributed by atoms with Gasteiger partial charge >= 0.3 is 0 Å². The molecule has 1 aromatic heterocycles. The molecule has 0 fully saturated rings. The van der Waals surface area contributed by atoms with Crippen LogP contribution < -0.4 is 5.32 Å². The van der Waals surface area contributed by atoms with Crippen LogP contribution in [0.25, 0.3) is 10.8 Å². The third-order valence-corrected chi connectivity index (χ3v) is 6.81. The average Bonchev–Trinajstić information content (AvgIpc) is 2.62. The summed E-state index contributed by atoms with van der Waals surface area (Å²) in [5, 5.41) is 9.30. The smallest absolute Gasteiger partial charge is 0.298 e. The molecule has 0 saturated heterocycles. The molecule has 0 atom stereocenters.